The lowest BCUT2D eigenvalue weighted by Crippen LogP contribution is -2.56. The van der Waals surface area contributed by atoms with E-state index in [2.05, 4.69) is 6.58 Å². The Hall–Kier alpha value is -1.89. The molecule has 1 unspecified atom stereocenters. The summed E-state index contributed by atoms with van der Waals surface area (Å²) >= 11 is 0. The normalized spacial score (nSPS) is 22.4. The minimum absolute atomic E-state index is 0.0511. The van der Waals surface area contributed by atoms with Gasteiger partial charge in [0.15, 0.2) is 6.04 Å². The van der Waals surface area contributed by atoms with Crippen LogP contribution in [0.3, 0.4) is 0 Å². The lowest BCUT2D eigenvalue weighted by molar-refractivity contribution is -0.173. The van der Waals surface area contributed by atoms with Crippen molar-refractivity contribution in [3.63, 3.8) is 0 Å². The molecule has 0 bridgehead atoms. The van der Waals surface area contributed by atoms with E-state index in [1.807, 2.05) is 0 Å². The smallest absolute Gasteiger partial charge is 0.331 e. The van der Waals surface area contributed by atoms with E-state index >= 15 is 0 Å². The summed E-state index contributed by atoms with van der Waals surface area (Å²) in [6, 6.07) is -0.701. The molecular formula is C18H28N2O5. The SMILES string of the molecule is C=CC(=O)N1CCC(C(=O)N2CCOCC2C(=O)OC(C)(C)C)CC1. The van der Waals surface area contributed by atoms with Crippen LogP contribution < -0.4 is 0 Å². The van der Waals surface area contributed by atoms with Crippen molar-refractivity contribution in [1.82, 2.24) is 9.80 Å². The number of hydrogen-bond donors (Lipinski definition) is 0. The van der Waals surface area contributed by atoms with Crippen molar-refractivity contribution < 1.29 is 23.9 Å². The fourth-order valence-corrected chi connectivity index (χ4v) is 3.14. The molecule has 0 aromatic heterocycles. The standard InChI is InChI=1S/C18H28N2O5/c1-5-15(21)19-8-6-13(7-9-19)16(22)20-10-11-24-12-14(20)17(23)25-18(2,3)4/h5,13-14H,1,6-12H2,2-4H3. The molecule has 1 atom stereocenters. The Morgan fingerprint density at radius 2 is 1.80 bits per heavy atom. The van der Waals surface area contributed by atoms with Crippen molar-refractivity contribution in [2.24, 2.45) is 5.92 Å². The molecule has 2 aliphatic rings. The van der Waals surface area contributed by atoms with Gasteiger partial charge in [-0.15, -0.1) is 0 Å². The minimum atomic E-state index is -0.701. The van der Waals surface area contributed by atoms with Crippen LogP contribution in [0.5, 0.6) is 0 Å². The fourth-order valence-electron chi connectivity index (χ4n) is 3.14. The van der Waals surface area contributed by atoms with Gasteiger partial charge in [0.25, 0.3) is 0 Å². The number of esters is 1. The summed E-state index contributed by atoms with van der Waals surface area (Å²) in [6.45, 7) is 10.9. The summed E-state index contributed by atoms with van der Waals surface area (Å²) in [6.07, 6.45) is 2.48. The molecule has 140 valence electrons. The summed E-state index contributed by atoms with van der Waals surface area (Å²) in [4.78, 5) is 40.3. The maximum Gasteiger partial charge on any atom is 0.331 e. The first-order chi connectivity index (χ1) is 11.7. The number of piperidine rings is 1. The maximum absolute atomic E-state index is 12.9. The van der Waals surface area contributed by atoms with Crippen LogP contribution in [0.25, 0.3) is 0 Å². The summed E-state index contributed by atoms with van der Waals surface area (Å²) in [5.74, 6) is -0.773. The third-order valence-corrected chi connectivity index (χ3v) is 4.42. The predicted molar refractivity (Wildman–Crippen MR) is 91.7 cm³/mol. The van der Waals surface area contributed by atoms with Crippen LogP contribution in [0, 0.1) is 5.92 Å². The van der Waals surface area contributed by atoms with E-state index in [0.29, 0.717) is 39.1 Å². The number of ether oxygens (including phenoxy) is 2. The highest BCUT2D eigenvalue weighted by atomic mass is 16.6. The van der Waals surface area contributed by atoms with E-state index in [4.69, 9.17) is 9.47 Å². The Kier molecular flexibility index (Phi) is 6.21. The van der Waals surface area contributed by atoms with Crippen LogP contribution >= 0.6 is 0 Å². The van der Waals surface area contributed by atoms with Gasteiger partial charge in [-0.2, -0.15) is 0 Å². The second-order valence-electron chi connectivity index (χ2n) is 7.46. The van der Waals surface area contributed by atoms with E-state index in [0.717, 1.165) is 0 Å². The lowest BCUT2D eigenvalue weighted by Gasteiger charge is -2.39. The van der Waals surface area contributed by atoms with Crippen molar-refractivity contribution in [2.75, 3.05) is 32.8 Å². The Morgan fingerprint density at radius 3 is 2.36 bits per heavy atom. The first-order valence-corrected chi connectivity index (χ1v) is 8.75. The van der Waals surface area contributed by atoms with E-state index in [-0.39, 0.29) is 24.3 Å². The van der Waals surface area contributed by atoms with E-state index in [1.54, 1.807) is 30.6 Å². The van der Waals surface area contributed by atoms with Crippen molar-refractivity contribution in [3.05, 3.63) is 12.7 Å². The molecule has 0 aromatic carbocycles. The number of amides is 2. The van der Waals surface area contributed by atoms with Gasteiger partial charge in [0.1, 0.15) is 5.60 Å². The summed E-state index contributed by atoms with van der Waals surface area (Å²) in [5.41, 5.74) is -0.611. The molecule has 7 heteroatoms. The largest absolute Gasteiger partial charge is 0.458 e. The number of carbonyl (C=O) groups excluding carboxylic acids is 3. The van der Waals surface area contributed by atoms with Crippen molar-refractivity contribution in [1.29, 1.82) is 0 Å². The molecule has 7 nitrogen and oxygen atoms in total. The highest BCUT2D eigenvalue weighted by Gasteiger charge is 2.39. The molecule has 0 radical (unpaired) electrons. The number of carbonyl (C=O) groups is 3. The van der Waals surface area contributed by atoms with Crippen LogP contribution in [0.15, 0.2) is 12.7 Å². The Labute approximate surface area is 148 Å². The van der Waals surface area contributed by atoms with Gasteiger partial charge >= 0.3 is 5.97 Å². The van der Waals surface area contributed by atoms with Gasteiger partial charge in [-0.05, 0) is 39.7 Å². The summed E-state index contributed by atoms with van der Waals surface area (Å²) in [5, 5.41) is 0. The molecule has 0 saturated carbocycles. The molecular weight excluding hydrogens is 324 g/mol. The van der Waals surface area contributed by atoms with Crippen LogP contribution in [-0.2, 0) is 23.9 Å². The third kappa shape index (κ3) is 5.04. The van der Waals surface area contributed by atoms with Crippen molar-refractivity contribution in [2.45, 2.75) is 45.3 Å². The second kappa shape index (κ2) is 7.99. The predicted octanol–water partition coefficient (Wildman–Crippen LogP) is 0.980. The average Bonchev–Trinajstić information content (AvgIpc) is 2.59. The average molecular weight is 352 g/mol. The zero-order valence-corrected chi connectivity index (χ0v) is 15.3. The van der Waals surface area contributed by atoms with Gasteiger partial charge in [-0.1, -0.05) is 6.58 Å². The summed E-state index contributed by atoms with van der Waals surface area (Å²) < 4.78 is 10.8. The molecule has 0 spiro atoms. The van der Waals surface area contributed by atoms with Gasteiger partial charge in [0.05, 0.1) is 13.2 Å². The number of hydrogen-bond acceptors (Lipinski definition) is 5. The zero-order chi connectivity index (χ0) is 18.6. The molecule has 0 N–H and O–H groups in total. The van der Waals surface area contributed by atoms with Crippen molar-refractivity contribution in [3.8, 4) is 0 Å². The van der Waals surface area contributed by atoms with E-state index < -0.39 is 17.6 Å². The van der Waals surface area contributed by atoms with Crippen LogP contribution in [0.2, 0.25) is 0 Å². The molecule has 25 heavy (non-hydrogen) atoms. The van der Waals surface area contributed by atoms with Crippen LogP contribution in [-0.4, -0.2) is 72.1 Å². The van der Waals surface area contributed by atoms with Gasteiger partial charge in [0, 0.05) is 25.6 Å². The number of morpholine rings is 1. The lowest BCUT2D eigenvalue weighted by atomic mass is 9.94. The molecule has 0 aliphatic carbocycles. The van der Waals surface area contributed by atoms with Gasteiger partial charge in [-0.25, -0.2) is 4.79 Å². The Morgan fingerprint density at radius 1 is 1.16 bits per heavy atom. The molecule has 2 rings (SSSR count). The molecule has 2 saturated heterocycles. The monoisotopic (exact) mass is 352 g/mol. The molecule has 2 heterocycles. The molecule has 2 fully saturated rings. The van der Waals surface area contributed by atoms with E-state index in [1.165, 1.54) is 6.08 Å². The topological polar surface area (TPSA) is 76.2 Å². The number of rotatable bonds is 3. The number of nitrogens with zero attached hydrogens (tertiary/aromatic N) is 2. The highest BCUT2D eigenvalue weighted by Crippen LogP contribution is 2.23. The van der Waals surface area contributed by atoms with Crippen molar-refractivity contribution >= 4 is 17.8 Å². The maximum atomic E-state index is 12.9. The minimum Gasteiger partial charge on any atom is -0.458 e. The second-order valence-corrected chi connectivity index (χ2v) is 7.46. The molecule has 2 aliphatic heterocycles. The third-order valence-electron chi connectivity index (χ3n) is 4.42. The quantitative estimate of drug-likeness (QED) is 0.559. The highest BCUT2D eigenvalue weighted by molar-refractivity contribution is 5.88. The van der Waals surface area contributed by atoms with E-state index in [9.17, 15) is 14.4 Å². The number of likely N-dealkylation sites (tertiary alicyclic amines) is 1. The fraction of sp³-hybridized carbons (Fsp3) is 0.722. The Balaban J connectivity index is 2.00. The molecule has 2 amide bonds. The molecule has 0 aromatic rings. The van der Waals surface area contributed by atoms with Crippen LogP contribution in [0.4, 0.5) is 0 Å². The van der Waals surface area contributed by atoms with Gasteiger partial charge in [0.2, 0.25) is 11.8 Å². The van der Waals surface area contributed by atoms with Gasteiger partial charge in [-0.3, -0.25) is 9.59 Å². The van der Waals surface area contributed by atoms with Gasteiger partial charge < -0.3 is 19.3 Å². The zero-order valence-electron chi connectivity index (χ0n) is 15.3. The summed E-state index contributed by atoms with van der Waals surface area (Å²) in [7, 11) is 0. The Bertz CT molecular complexity index is 532. The first kappa shape index (κ1) is 19.4. The first-order valence-electron chi connectivity index (χ1n) is 8.75. The van der Waals surface area contributed by atoms with Crippen LogP contribution in [0.1, 0.15) is 33.6 Å².